The summed E-state index contributed by atoms with van der Waals surface area (Å²) in [4.78, 5) is 13.9. The van der Waals surface area contributed by atoms with Gasteiger partial charge in [-0.05, 0) is 51.3 Å². The van der Waals surface area contributed by atoms with Gasteiger partial charge in [-0.15, -0.1) is 0 Å². The summed E-state index contributed by atoms with van der Waals surface area (Å²) in [6, 6.07) is 15.2. The fourth-order valence-corrected chi connectivity index (χ4v) is 6.41. The molecule has 0 aliphatic carbocycles. The maximum Gasteiger partial charge on any atom is 0.301 e. The Morgan fingerprint density at radius 2 is 1.78 bits per heavy atom. The van der Waals surface area contributed by atoms with Crippen molar-refractivity contribution in [2.45, 2.75) is 56.8 Å². The lowest BCUT2D eigenvalue weighted by molar-refractivity contribution is 0.00336. The number of halogens is 2. The Labute approximate surface area is 252 Å². The van der Waals surface area contributed by atoms with Crippen LogP contribution in [0.25, 0.3) is 33.5 Å². The molecule has 0 radical (unpaired) electrons. The van der Waals surface area contributed by atoms with E-state index in [-0.39, 0.29) is 19.4 Å². The van der Waals surface area contributed by atoms with E-state index in [1.807, 2.05) is 47.0 Å². The van der Waals surface area contributed by atoms with E-state index in [0.717, 1.165) is 27.3 Å². The number of ether oxygens (including phenoxy) is 4. The molecule has 6 rings (SSSR count). The minimum Gasteiger partial charge on any atom is -0.456 e. The monoisotopic (exact) mass is 658 g/mol. The summed E-state index contributed by atoms with van der Waals surface area (Å²) in [5.41, 5.74) is 4.84. The van der Waals surface area contributed by atoms with E-state index >= 15 is 0 Å². The number of aromatic nitrogens is 4. The fourth-order valence-electron chi connectivity index (χ4n) is 5.03. The standard InChI is InChI=1S/C29H32BrClN4O5Si/c1-41(2,3)11-10-37-16-35-28-21(33-29(35)40-23-15-39-26-22(36)14-38-27(23)26)13-20(31)25(34-28)18-6-4-17(5-7-18)19-8-9-32-24(30)12-19/h4-9,12-13,22-23,26-27,36H,10-11,14-16H2,1-3H3. The van der Waals surface area contributed by atoms with Gasteiger partial charge >= 0.3 is 6.01 Å². The maximum atomic E-state index is 10.2. The molecule has 1 N–H and O–H groups in total. The SMILES string of the molecule is C[Si](C)(C)CCOCn1c(OC2COC3C(O)COC23)nc2cc(Cl)c(-c3ccc(-c4ccnc(Br)c4)cc3)nc21. The molecule has 2 saturated heterocycles. The first-order chi connectivity index (χ1) is 19.7. The number of hydrogen-bond donors (Lipinski definition) is 1. The van der Waals surface area contributed by atoms with Crippen LogP contribution in [0.4, 0.5) is 0 Å². The number of fused-ring (bicyclic) bond motifs is 2. The molecule has 0 bridgehead atoms. The third-order valence-corrected chi connectivity index (χ3v) is 9.74. The van der Waals surface area contributed by atoms with Crippen molar-refractivity contribution in [3.63, 3.8) is 0 Å². The molecule has 4 unspecified atom stereocenters. The van der Waals surface area contributed by atoms with Crippen LogP contribution < -0.4 is 4.74 Å². The molecule has 2 aliphatic heterocycles. The lowest BCUT2D eigenvalue weighted by Gasteiger charge is -2.19. The van der Waals surface area contributed by atoms with Crippen LogP contribution in [0.5, 0.6) is 6.01 Å². The zero-order chi connectivity index (χ0) is 28.7. The van der Waals surface area contributed by atoms with Gasteiger partial charge in [0, 0.05) is 26.4 Å². The molecule has 5 heterocycles. The van der Waals surface area contributed by atoms with Gasteiger partial charge in [0.1, 0.15) is 35.2 Å². The summed E-state index contributed by atoms with van der Waals surface area (Å²) in [7, 11) is -1.27. The van der Waals surface area contributed by atoms with Crippen molar-refractivity contribution >= 4 is 46.8 Å². The van der Waals surface area contributed by atoms with Crippen molar-refractivity contribution in [2.75, 3.05) is 19.8 Å². The zero-order valence-corrected chi connectivity index (χ0v) is 26.4. The summed E-state index contributed by atoms with van der Waals surface area (Å²) in [5.74, 6) is 0. The van der Waals surface area contributed by atoms with E-state index in [1.54, 1.807) is 6.20 Å². The van der Waals surface area contributed by atoms with Gasteiger partial charge in [-0.3, -0.25) is 4.57 Å². The number of imidazole rings is 1. The van der Waals surface area contributed by atoms with Gasteiger partial charge in [0.15, 0.2) is 11.8 Å². The van der Waals surface area contributed by atoms with Crippen LogP contribution in [0, 0.1) is 0 Å². The van der Waals surface area contributed by atoms with Crippen molar-refractivity contribution < 1.29 is 24.1 Å². The van der Waals surface area contributed by atoms with Gasteiger partial charge < -0.3 is 24.1 Å². The predicted octanol–water partition coefficient (Wildman–Crippen LogP) is 5.79. The van der Waals surface area contributed by atoms with Crippen LogP contribution in [-0.2, 0) is 20.9 Å². The maximum absolute atomic E-state index is 10.2. The molecule has 1 aromatic carbocycles. The third kappa shape index (κ3) is 6.22. The lowest BCUT2D eigenvalue weighted by atomic mass is 10.0. The van der Waals surface area contributed by atoms with Crippen molar-refractivity contribution in [1.29, 1.82) is 0 Å². The Bertz CT molecular complexity index is 1550. The second kappa shape index (κ2) is 11.7. The molecular weight excluding hydrogens is 628 g/mol. The lowest BCUT2D eigenvalue weighted by Crippen LogP contribution is -2.35. The van der Waals surface area contributed by atoms with Crippen LogP contribution in [0.2, 0.25) is 30.7 Å². The molecule has 0 amide bonds. The van der Waals surface area contributed by atoms with Crippen LogP contribution in [0.1, 0.15) is 0 Å². The summed E-state index contributed by atoms with van der Waals surface area (Å²) in [6.45, 7) is 8.34. The molecule has 216 valence electrons. The first kappa shape index (κ1) is 28.7. The van der Waals surface area contributed by atoms with E-state index in [0.29, 0.717) is 41.1 Å². The number of pyridine rings is 2. The highest BCUT2D eigenvalue weighted by molar-refractivity contribution is 9.10. The topological polar surface area (TPSA) is 101 Å². The van der Waals surface area contributed by atoms with Crippen molar-refractivity contribution in [1.82, 2.24) is 19.5 Å². The Balaban J connectivity index is 1.32. The molecule has 4 aromatic rings. The molecule has 0 spiro atoms. The first-order valence-corrected chi connectivity index (χ1v) is 18.5. The van der Waals surface area contributed by atoms with Crippen LogP contribution in [0.3, 0.4) is 0 Å². The molecule has 9 nitrogen and oxygen atoms in total. The first-order valence-electron chi connectivity index (χ1n) is 13.6. The van der Waals surface area contributed by atoms with E-state index in [4.69, 9.17) is 40.5 Å². The predicted molar refractivity (Wildman–Crippen MR) is 163 cm³/mol. The number of nitrogens with zero attached hydrogens (tertiary/aromatic N) is 4. The molecular formula is C29H32BrClN4O5Si. The van der Waals surface area contributed by atoms with E-state index in [2.05, 4.69) is 40.6 Å². The van der Waals surface area contributed by atoms with Crippen molar-refractivity contribution in [2.24, 2.45) is 0 Å². The van der Waals surface area contributed by atoms with Crippen LogP contribution >= 0.6 is 27.5 Å². The molecule has 3 aromatic heterocycles. The molecule has 41 heavy (non-hydrogen) atoms. The molecule has 4 atom stereocenters. The van der Waals surface area contributed by atoms with E-state index < -0.39 is 26.4 Å². The smallest absolute Gasteiger partial charge is 0.301 e. The Hall–Kier alpha value is -2.38. The average molecular weight is 660 g/mol. The summed E-state index contributed by atoms with van der Waals surface area (Å²) < 4.78 is 26.6. The number of aliphatic hydroxyl groups is 1. The van der Waals surface area contributed by atoms with Crippen LogP contribution in [-0.4, -0.2) is 76.9 Å². The number of rotatable bonds is 9. The Morgan fingerprint density at radius 3 is 2.54 bits per heavy atom. The fraction of sp³-hybridized carbons (Fsp3) is 0.414. The van der Waals surface area contributed by atoms with Crippen molar-refractivity contribution in [3.8, 4) is 28.4 Å². The molecule has 0 saturated carbocycles. The highest BCUT2D eigenvalue weighted by Crippen LogP contribution is 2.35. The zero-order valence-electron chi connectivity index (χ0n) is 23.1. The highest BCUT2D eigenvalue weighted by Gasteiger charge is 2.49. The summed E-state index contributed by atoms with van der Waals surface area (Å²) in [5, 5.41) is 10.6. The molecule has 2 aliphatic rings. The van der Waals surface area contributed by atoms with Gasteiger partial charge in [-0.2, -0.15) is 4.98 Å². The van der Waals surface area contributed by atoms with Gasteiger partial charge in [0.2, 0.25) is 0 Å². The number of aliphatic hydroxyl groups excluding tert-OH is 1. The minimum atomic E-state index is -1.27. The van der Waals surface area contributed by atoms with Gasteiger partial charge in [-0.25, -0.2) is 9.97 Å². The Kier molecular flexibility index (Phi) is 8.21. The van der Waals surface area contributed by atoms with E-state index in [1.165, 1.54) is 0 Å². The average Bonchev–Trinajstić information content (AvgIpc) is 3.61. The second-order valence-electron chi connectivity index (χ2n) is 11.6. The highest BCUT2D eigenvalue weighted by atomic mass is 79.9. The van der Waals surface area contributed by atoms with Gasteiger partial charge in [-0.1, -0.05) is 55.5 Å². The minimum absolute atomic E-state index is 0.225. The summed E-state index contributed by atoms with van der Waals surface area (Å²) >= 11 is 10.2. The second-order valence-corrected chi connectivity index (χ2v) is 18.4. The Morgan fingerprint density at radius 1 is 1.02 bits per heavy atom. The normalized spacial score (nSPS) is 22.4. The molecule has 12 heteroatoms. The van der Waals surface area contributed by atoms with Gasteiger partial charge in [0.05, 0.1) is 23.9 Å². The summed E-state index contributed by atoms with van der Waals surface area (Å²) in [6.07, 6.45) is -0.0680. The number of hydrogen-bond acceptors (Lipinski definition) is 8. The van der Waals surface area contributed by atoms with Crippen molar-refractivity contribution in [3.05, 3.63) is 58.3 Å². The van der Waals surface area contributed by atoms with E-state index in [9.17, 15) is 5.11 Å². The van der Waals surface area contributed by atoms with Gasteiger partial charge in [0.25, 0.3) is 0 Å². The van der Waals surface area contributed by atoms with Crippen LogP contribution in [0.15, 0.2) is 53.3 Å². The quantitative estimate of drug-likeness (QED) is 0.137. The largest absolute Gasteiger partial charge is 0.456 e. The molecule has 2 fully saturated rings. The number of benzene rings is 1. The third-order valence-electron chi connectivity index (χ3n) is 7.31.